The molecule has 0 amide bonds. The van der Waals surface area contributed by atoms with Crippen LogP contribution in [0.25, 0.3) is 0 Å². The number of morpholine rings is 1. The monoisotopic (exact) mass is 313 g/mol. The molecule has 122 valence electrons. The third kappa shape index (κ3) is 3.16. The summed E-state index contributed by atoms with van der Waals surface area (Å²) in [6, 6.07) is 8.54. The van der Waals surface area contributed by atoms with E-state index in [9.17, 15) is 0 Å². The van der Waals surface area contributed by atoms with E-state index in [1.807, 2.05) is 0 Å². The van der Waals surface area contributed by atoms with Gasteiger partial charge < -0.3 is 9.26 Å². The van der Waals surface area contributed by atoms with Gasteiger partial charge in [-0.05, 0) is 30.4 Å². The van der Waals surface area contributed by atoms with Gasteiger partial charge in [0.05, 0.1) is 6.61 Å². The van der Waals surface area contributed by atoms with Gasteiger partial charge in [-0.2, -0.15) is 4.98 Å². The molecule has 1 aliphatic carbocycles. The lowest BCUT2D eigenvalue weighted by Crippen LogP contribution is -2.38. The summed E-state index contributed by atoms with van der Waals surface area (Å²) in [5.41, 5.74) is 2.70. The molecule has 5 heteroatoms. The largest absolute Gasteiger partial charge is 0.367 e. The summed E-state index contributed by atoms with van der Waals surface area (Å²) < 4.78 is 11.3. The van der Waals surface area contributed by atoms with Crippen LogP contribution in [0.5, 0.6) is 0 Å². The van der Waals surface area contributed by atoms with Crippen LogP contribution in [0.3, 0.4) is 0 Å². The Kier molecular flexibility index (Phi) is 3.91. The van der Waals surface area contributed by atoms with Crippen molar-refractivity contribution in [1.82, 2.24) is 15.0 Å². The number of hydrogen-bond acceptors (Lipinski definition) is 5. The Labute approximate surface area is 136 Å². The van der Waals surface area contributed by atoms with Crippen LogP contribution in [-0.4, -0.2) is 34.7 Å². The van der Waals surface area contributed by atoms with Crippen LogP contribution >= 0.6 is 0 Å². The van der Waals surface area contributed by atoms with Crippen molar-refractivity contribution in [2.75, 3.05) is 19.7 Å². The zero-order valence-electron chi connectivity index (χ0n) is 13.7. The van der Waals surface area contributed by atoms with Gasteiger partial charge in [-0.3, -0.25) is 4.90 Å². The predicted molar refractivity (Wildman–Crippen MR) is 86.0 cm³/mol. The van der Waals surface area contributed by atoms with Crippen LogP contribution in [0.2, 0.25) is 0 Å². The van der Waals surface area contributed by atoms with Crippen molar-refractivity contribution in [3.8, 4) is 0 Å². The summed E-state index contributed by atoms with van der Waals surface area (Å²) >= 11 is 0. The van der Waals surface area contributed by atoms with Crippen LogP contribution in [-0.2, 0) is 11.3 Å². The molecule has 2 aliphatic rings. The molecule has 3 unspecified atom stereocenters. The average molecular weight is 313 g/mol. The van der Waals surface area contributed by atoms with Crippen LogP contribution in [0.15, 0.2) is 28.8 Å². The van der Waals surface area contributed by atoms with Crippen LogP contribution < -0.4 is 0 Å². The van der Waals surface area contributed by atoms with E-state index in [0.717, 1.165) is 31.9 Å². The van der Waals surface area contributed by atoms with E-state index >= 15 is 0 Å². The maximum Gasteiger partial charge on any atom is 0.230 e. The molecule has 1 aliphatic heterocycles. The van der Waals surface area contributed by atoms with E-state index in [0.29, 0.717) is 24.3 Å². The molecule has 4 rings (SSSR count). The van der Waals surface area contributed by atoms with Gasteiger partial charge >= 0.3 is 0 Å². The van der Waals surface area contributed by atoms with Crippen molar-refractivity contribution in [2.24, 2.45) is 5.92 Å². The van der Waals surface area contributed by atoms with Gasteiger partial charge in [0.25, 0.3) is 0 Å². The molecule has 0 radical (unpaired) electrons. The lowest BCUT2D eigenvalue weighted by Gasteiger charge is -2.31. The first kappa shape index (κ1) is 14.8. The van der Waals surface area contributed by atoms with E-state index in [4.69, 9.17) is 9.26 Å². The van der Waals surface area contributed by atoms with Gasteiger partial charge in [-0.25, -0.2) is 0 Å². The van der Waals surface area contributed by atoms with Gasteiger partial charge in [-0.1, -0.05) is 36.3 Å². The Balaban J connectivity index is 1.42. The van der Waals surface area contributed by atoms with Crippen molar-refractivity contribution < 1.29 is 9.26 Å². The van der Waals surface area contributed by atoms with Gasteiger partial charge in [0.2, 0.25) is 11.7 Å². The first-order valence-corrected chi connectivity index (χ1v) is 8.42. The Hall–Kier alpha value is -1.72. The Morgan fingerprint density at radius 3 is 2.91 bits per heavy atom. The summed E-state index contributed by atoms with van der Waals surface area (Å²) in [7, 11) is 0. The Bertz CT molecular complexity index is 684. The van der Waals surface area contributed by atoms with E-state index in [-0.39, 0.29) is 6.10 Å². The van der Waals surface area contributed by atoms with Gasteiger partial charge in [0.1, 0.15) is 6.10 Å². The molecular formula is C18H23N3O2. The third-order valence-corrected chi connectivity index (χ3v) is 4.98. The highest BCUT2D eigenvalue weighted by Gasteiger charge is 2.39. The zero-order valence-corrected chi connectivity index (χ0v) is 13.7. The number of aromatic nitrogens is 2. The highest BCUT2D eigenvalue weighted by atomic mass is 16.5. The van der Waals surface area contributed by atoms with E-state index in [1.165, 1.54) is 11.1 Å². The quantitative estimate of drug-likeness (QED) is 0.868. The summed E-state index contributed by atoms with van der Waals surface area (Å²) in [6.45, 7) is 7.78. The minimum Gasteiger partial charge on any atom is -0.367 e. The molecule has 5 nitrogen and oxygen atoms in total. The van der Waals surface area contributed by atoms with Crippen molar-refractivity contribution in [3.05, 3.63) is 47.1 Å². The van der Waals surface area contributed by atoms with Crippen LogP contribution in [0, 0.1) is 12.8 Å². The SMILES string of the molecule is Cc1ccccc1CN1CCOC(c2noc(C3CC3C)n2)C1. The van der Waals surface area contributed by atoms with E-state index in [1.54, 1.807) is 0 Å². The fraction of sp³-hybridized carbons (Fsp3) is 0.556. The minimum absolute atomic E-state index is 0.0840. The fourth-order valence-electron chi connectivity index (χ4n) is 3.23. The smallest absolute Gasteiger partial charge is 0.230 e. The normalized spacial score (nSPS) is 28.0. The van der Waals surface area contributed by atoms with E-state index in [2.05, 4.69) is 53.2 Å². The molecule has 1 saturated carbocycles. The first-order valence-electron chi connectivity index (χ1n) is 8.42. The molecule has 3 atom stereocenters. The molecule has 0 spiro atoms. The molecule has 1 saturated heterocycles. The summed E-state index contributed by atoms with van der Waals surface area (Å²) in [4.78, 5) is 6.98. The van der Waals surface area contributed by atoms with Crippen molar-refractivity contribution >= 4 is 0 Å². The maximum absolute atomic E-state index is 5.88. The predicted octanol–water partition coefficient (Wildman–Crippen LogP) is 3.07. The summed E-state index contributed by atoms with van der Waals surface area (Å²) in [5.74, 6) is 2.62. The molecule has 23 heavy (non-hydrogen) atoms. The number of rotatable bonds is 4. The lowest BCUT2D eigenvalue weighted by atomic mass is 10.1. The number of benzene rings is 1. The molecule has 2 fully saturated rings. The second-order valence-electron chi connectivity index (χ2n) is 6.83. The Morgan fingerprint density at radius 1 is 1.30 bits per heavy atom. The summed E-state index contributed by atoms with van der Waals surface area (Å²) in [5, 5.41) is 4.16. The molecular weight excluding hydrogens is 290 g/mol. The molecule has 1 aromatic heterocycles. The van der Waals surface area contributed by atoms with Crippen molar-refractivity contribution in [1.29, 1.82) is 0 Å². The maximum atomic E-state index is 5.88. The molecule has 1 aromatic carbocycles. The first-order chi connectivity index (χ1) is 11.2. The number of ether oxygens (including phenoxy) is 1. The molecule has 2 aromatic rings. The number of nitrogens with zero attached hydrogens (tertiary/aromatic N) is 3. The van der Waals surface area contributed by atoms with Gasteiger partial charge in [-0.15, -0.1) is 0 Å². The summed E-state index contributed by atoms with van der Waals surface area (Å²) in [6.07, 6.45) is 1.08. The molecule has 0 bridgehead atoms. The highest BCUT2D eigenvalue weighted by Crippen LogP contribution is 2.46. The van der Waals surface area contributed by atoms with Crippen LogP contribution in [0.1, 0.15) is 48.2 Å². The minimum atomic E-state index is -0.0840. The van der Waals surface area contributed by atoms with Crippen LogP contribution in [0.4, 0.5) is 0 Å². The van der Waals surface area contributed by atoms with Crippen molar-refractivity contribution in [3.63, 3.8) is 0 Å². The standard InChI is InChI=1S/C18H23N3O2/c1-12-5-3-4-6-14(12)10-21-7-8-22-16(11-21)17-19-18(23-20-17)15-9-13(15)2/h3-6,13,15-16H,7-11H2,1-2H3. The average Bonchev–Trinajstić information content (AvgIpc) is 3.10. The molecule has 2 heterocycles. The highest BCUT2D eigenvalue weighted by molar-refractivity contribution is 5.25. The Morgan fingerprint density at radius 2 is 2.13 bits per heavy atom. The van der Waals surface area contributed by atoms with Crippen molar-refractivity contribution in [2.45, 2.75) is 38.8 Å². The zero-order chi connectivity index (χ0) is 15.8. The topological polar surface area (TPSA) is 51.4 Å². The van der Waals surface area contributed by atoms with Gasteiger partial charge in [0, 0.05) is 25.6 Å². The second-order valence-corrected chi connectivity index (χ2v) is 6.83. The fourth-order valence-corrected chi connectivity index (χ4v) is 3.23. The molecule has 0 N–H and O–H groups in total. The van der Waals surface area contributed by atoms with Gasteiger partial charge in [0.15, 0.2) is 0 Å². The lowest BCUT2D eigenvalue weighted by molar-refractivity contribution is -0.0381. The van der Waals surface area contributed by atoms with E-state index < -0.39 is 0 Å². The number of hydrogen-bond donors (Lipinski definition) is 0. The second kappa shape index (κ2) is 6.06. The third-order valence-electron chi connectivity index (χ3n) is 4.98. The number of aryl methyl sites for hydroxylation is 1.